The lowest BCUT2D eigenvalue weighted by Crippen LogP contribution is -2.26. The van der Waals surface area contributed by atoms with Gasteiger partial charge in [-0.05, 0) is 49.9 Å². The van der Waals surface area contributed by atoms with Gasteiger partial charge in [0.05, 0.1) is 71.0 Å². The summed E-state index contributed by atoms with van der Waals surface area (Å²) >= 11 is 0. The molecule has 0 heterocycles. The summed E-state index contributed by atoms with van der Waals surface area (Å²) in [5.41, 5.74) is 0.231. The molecule has 0 saturated heterocycles. The zero-order valence-corrected chi connectivity index (χ0v) is 93.6. The summed E-state index contributed by atoms with van der Waals surface area (Å²) < 4.78 is 84.3. The molecule has 0 amide bonds. The molecule has 5 rings (SSSR count). The Morgan fingerprint density at radius 1 is 0.153 bits per heavy atom. The normalized spacial score (nSPS) is 14.2. The fraction of sp³-hybridized carbons (Fsp3) is 0.700. The topological polar surface area (TPSA) is 316 Å². The number of carbonyl (C=O) groups is 12. The minimum atomic E-state index is -1.41. The zero-order chi connectivity index (χ0) is 107. The first kappa shape index (κ1) is 125. The largest absolute Gasteiger partial charge is 0.422 e. The van der Waals surface area contributed by atoms with E-state index in [-0.39, 0.29) is 70.2 Å². The lowest BCUT2D eigenvalue weighted by Gasteiger charge is -2.34. The zero-order valence-electron chi connectivity index (χ0n) is 93.6. The summed E-state index contributed by atoms with van der Waals surface area (Å²) in [4.78, 5) is 189. The minimum absolute atomic E-state index is 0.00974. The summed E-state index contributed by atoms with van der Waals surface area (Å²) in [6, 6.07) is 6.86. The second kappa shape index (κ2) is 64.6. The standard InChI is InChI=1S/C120H184O24/c1-29-33-37-41-45-49-53-57-61-65-85-89-69-91(99(135-111(123)75(9)10)105(141-117(129)81(21)22)97(89)133-109(121)73(5)6)86(66-62-58-54-50-46-42-38-34-30-2)93-71-95(103(139-115(127)79(17)18)107(143-119(131)83(25)26)101(93)137-113(125)77(13)14)88(68-64-60-56-52-48-44-40-36-32-4)96-72-94(102(138-114(126)78(15)16)108(144-120(132)84(27)28)104(96)140-116(128)80(19)20)87(67-63-59-55-51-47-43-39-35-31-3)92-70-90(85)98(134-110(122)74(7)8)106(142-118(130)82(23)24)100(92)136-112(124)76(11)12/h69-88H,29-68H2,1-28H3. The number of carbonyl (C=O) groups excluding carboxylic acids is 12. The van der Waals surface area contributed by atoms with Crippen molar-refractivity contribution < 1.29 is 114 Å². The molecule has 0 N–H and O–H groups in total. The van der Waals surface area contributed by atoms with Crippen molar-refractivity contribution >= 4 is 71.6 Å². The van der Waals surface area contributed by atoms with Gasteiger partial charge in [0, 0.05) is 68.2 Å². The molecule has 0 atom stereocenters. The predicted octanol–water partition coefficient (Wildman–Crippen LogP) is 30.9. The third kappa shape index (κ3) is 39.0. The van der Waals surface area contributed by atoms with Crippen LogP contribution in [0.1, 0.15) is 519 Å². The van der Waals surface area contributed by atoms with Crippen LogP contribution in [-0.2, 0) is 57.5 Å². The fourth-order valence-electron chi connectivity index (χ4n) is 17.1. The number of ether oxygens (including phenoxy) is 12. The molecule has 4 aromatic rings. The summed E-state index contributed by atoms with van der Waals surface area (Å²) in [7, 11) is 0. The van der Waals surface area contributed by atoms with Crippen LogP contribution in [0.2, 0.25) is 0 Å². The molecule has 1 aliphatic rings. The highest BCUT2D eigenvalue weighted by Crippen LogP contribution is 2.63. The Morgan fingerprint density at radius 2 is 0.243 bits per heavy atom. The average Bonchev–Trinajstić information content (AvgIpc) is 0.700. The van der Waals surface area contributed by atoms with Gasteiger partial charge in [0.1, 0.15) is 0 Å². The molecule has 0 spiro atoms. The van der Waals surface area contributed by atoms with Crippen molar-refractivity contribution in [2.45, 2.75) is 474 Å². The molecule has 0 saturated carbocycles. The Morgan fingerprint density at radius 3 is 0.340 bits per heavy atom. The lowest BCUT2D eigenvalue weighted by atomic mass is 9.75. The van der Waals surface area contributed by atoms with E-state index in [1.807, 2.05) is 0 Å². The van der Waals surface area contributed by atoms with Gasteiger partial charge in [-0.3, -0.25) is 57.5 Å². The summed E-state index contributed by atoms with van der Waals surface area (Å²) in [6.45, 7) is 47.5. The fourth-order valence-corrected chi connectivity index (χ4v) is 17.1. The van der Waals surface area contributed by atoms with Crippen LogP contribution in [0.4, 0.5) is 0 Å². The van der Waals surface area contributed by atoms with E-state index in [1.165, 1.54) is 0 Å². The molecule has 808 valence electrons. The minimum Gasteiger partial charge on any atom is -0.422 e. The number of hydrogen-bond donors (Lipinski definition) is 0. The van der Waals surface area contributed by atoms with E-state index in [2.05, 4.69) is 27.7 Å². The highest BCUT2D eigenvalue weighted by molar-refractivity contribution is 5.90. The molecule has 1 aliphatic carbocycles. The van der Waals surface area contributed by atoms with E-state index < -0.39 is 235 Å². The monoisotopic (exact) mass is 2010 g/mol. The lowest BCUT2D eigenvalue weighted by molar-refractivity contribution is -0.141. The van der Waals surface area contributed by atoms with Crippen LogP contribution < -0.4 is 56.8 Å². The van der Waals surface area contributed by atoms with Crippen LogP contribution in [0.3, 0.4) is 0 Å². The Bertz CT molecular complexity index is 3990. The van der Waals surface area contributed by atoms with Gasteiger partial charge in [0.25, 0.3) is 0 Å². The number of benzene rings is 4. The number of esters is 12. The second-order valence-electron chi connectivity index (χ2n) is 43.8. The molecule has 24 nitrogen and oxygen atoms in total. The van der Waals surface area contributed by atoms with Gasteiger partial charge in [-0.1, -0.05) is 425 Å². The maximum Gasteiger partial charge on any atom is 0.314 e. The maximum atomic E-state index is 15.8. The molecular weight excluding hydrogens is 1830 g/mol. The predicted molar refractivity (Wildman–Crippen MR) is 566 cm³/mol. The summed E-state index contributed by atoms with van der Waals surface area (Å²) in [5.74, 6) is -33.3. The molecule has 0 fully saturated rings. The van der Waals surface area contributed by atoms with Crippen molar-refractivity contribution in [3.8, 4) is 69.0 Å². The van der Waals surface area contributed by atoms with Crippen molar-refractivity contribution in [3.63, 3.8) is 0 Å². The van der Waals surface area contributed by atoms with Crippen LogP contribution >= 0.6 is 0 Å². The van der Waals surface area contributed by atoms with E-state index in [9.17, 15) is 0 Å². The van der Waals surface area contributed by atoms with Crippen LogP contribution in [0, 0.1) is 71.0 Å². The summed E-state index contributed by atoms with van der Waals surface area (Å²) in [5, 5.41) is 0. The van der Waals surface area contributed by atoms with Crippen molar-refractivity contribution in [2.75, 3.05) is 0 Å². The highest BCUT2D eigenvalue weighted by Gasteiger charge is 2.46. The number of fused-ring (bicyclic) bond motifs is 8. The van der Waals surface area contributed by atoms with E-state index in [0.29, 0.717) is 77.0 Å². The third-order valence-electron chi connectivity index (χ3n) is 26.5. The van der Waals surface area contributed by atoms with Gasteiger partial charge in [-0.15, -0.1) is 0 Å². The van der Waals surface area contributed by atoms with Gasteiger partial charge in [-0.25, -0.2) is 0 Å². The van der Waals surface area contributed by atoms with Gasteiger partial charge in [0.15, 0.2) is 46.0 Å². The Labute approximate surface area is 864 Å². The quantitative estimate of drug-likeness (QED) is 0.0225. The molecule has 144 heavy (non-hydrogen) atoms. The van der Waals surface area contributed by atoms with Crippen molar-refractivity contribution in [1.82, 2.24) is 0 Å². The first-order valence-corrected chi connectivity index (χ1v) is 55.7. The Balaban J connectivity index is 2.76. The molecule has 0 radical (unpaired) electrons. The smallest absolute Gasteiger partial charge is 0.314 e. The van der Waals surface area contributed by atoms with E-state index >= 15 is 57.5 Å². The SMILES string of the molecule is CCCCCCCCCCCC1c2cc(c(OC(=O)C(C)C)c(OC(=O)C(C)C)c2OC(=O)C(C)C)C(CCCCCCCCCCC)c2cc(c(OC(=O)C(C)C)c(OC(=O)C(C)C)c2OC(=O)C(C)C)C(CCCCCCCCCCC)c2cc(c(OC(=O)C(C)C)c(OC(=O)C(C)C)c2OC(=O)C(C)C)C(CCCCCCCCCCC)c2cc1c(OC(=O)C(C)C)c(OC(=O)C(C)C)c2OC(=O)C(C)C. The number of rotatable bonds is 64. The molecule has 0 aromatic heterocycles. The Hall–Kier alpha value is -9.48. The van der Waals surface area contributed by atoms with E-state index in [1.54, 1.807) is 190 Å². The van der Waals surface area contributed by atoms with Crippen LogP contribution in [0.5, 0.6) is 69.0 Å². The molecule has 4 aromatic carbocycles. The molecule has 0 unspecified atom stereocenters. The van der Waals surface area contributed by atoms with E-state index in [0.717, 1.165) is 154 Å². The van der Waals surface area contributed by atoms with Crippen LogP contribution in [0.25, 0.3) is 0 Å². The molecule has 0 aliphatic heterocycles. The molecule has 8 bridgehead atoms. The second-order valence-corrected chi connectivity index (χ2v) is 43.8. The maximum absolute atomic E-state index is 15.8. The van der Waals surface area contributed by atoms with Crippen LogP contribution in [0.15, 0.2) is 24.3 Å². The van der Waals surface area contributed by atoms with Gasteiger partial charge < -0.3 is 56.8 Å². The summed E-state index contributed by atoms with van der Waals surface area (Å²) in [6.07, 6.45) is 29.9. The third-order valence-corrected chi connectivity index (χ3v) is 26.5. The number of hydrogen-bond acceptors (Lipinski definition) is 24. The van der Waals surface area contributed by atoms with Crippen molar-refractivity contribution in [1.29, 1.82) is 0 Å². The van der Waals surface area contributed by atoms with Crippen molar-refractivity contribution in [3.05, 3.63) is 68.8 Å². The van der Waals surface area contributed by atoms with Crippen molar-refractivity contribution in [2.24, 2.45) is 71.0 Å². The molecule has 24 heteroatoms. The van der Waals surface area contributed by atoms with Gasteiger partial charge in [-0.2, -0.15) is 0 Å². The van der Waals surface area contributed by atoms with Crippen LogP contribution in [-0.4, -0.2) is 71.6 Å². The van der Waals surface area contributed by atoms with Gasteiger partial charge in [0.2, 0.25) is 23.0 Å². The first-order chi connectivity index (χ1) is 68.3. The van der Waals surface area contributed by atoms with Gasteiger partial charge >= 0.3 is 71.6 Å². The number of unbranched alkanes of at least 4 members (excludes halogenated alkanes) is 32. The molecular formula is C120H184O24. The highest BCUT2D eigenvalue weighted by atomic mass is 16.6. The van der Waals surface area contributed by atoms with E-state index in [4.69, 9.17) is 56.8 Å². The average molecular weight is 2010 g/mol. The first-order valence-electron chi connectivity index (χ1n) is 55.7. The Kier molecular flexibility index (Phi) is 56.1.